The number of benzene rings is 2. The summed E-state index contributed by atoms with van der Waals surface area (Å²) in [5, 5.41) is 10.1. The Kier molecular flexibility index (Phi) is 8.18. The van der Waals surface area contributed by atoms with Gasteiger partial charge in [-0.25, -0.2) is 4.99 Å². The fourth-order valence-electron chi connectivity index (χ4n) is 2.33. The molecule has 0 spiro atoms. The molecule has 2 aromatic rings. The number of rotatable bonds is 9. The lowest BCUT2D eigenvalue weighted by Gasteiger charge is -2.12. The first kappa shape index (κ1) is 18.6. The minimum Gasteiger partial charge on any atom is -0.497 e. The van der Waals surface area contributed by atoms with E-state index in [9.17, 15) is 0 Å². The van der Waals surface area contributed by atoms with E-state index in [0.29, 0.717) is 6.54 Å². The fourth-order valence-corrected chi connectivity index (χ4v) is 2.33. The molecule has 0 saturated heterocycles. The zero-order valence-electron chi connectivity index (χ0n) is 15.1. The number of ether oxygens (including phenoxy) is 1. The van der Waals surface area contributed by atoms with Crippen LogP contribution in [0.1, 0.15) is 18.9 Å². The van der Waals surface area contributed by atoms with E-state index in [2.05, 4.69) is 40.0 Å². The zero-order chi connectivity index (χ0) is 17.7. The second-order valence-corrected chi connectivity index (χ2v) is 5.62. The van der Waals surface area contributed by atoms with Gasteiger partial charge in [-0.15, -0.1) is 0 Å². The maximum Gasteiger partial charge on any atom is 0.191 e. The minimum absolute atomic E-state index is 0.640. The van der Waals surface area contributed by atoms with E-state index in [1.54, 1.807) is 7.11 Å². The number of nitrogens with one attached hydrogen (secondary N) is 3. The van der Waals surface area contributed by atoms with E-state index in [-0.39, 0.29) is 0 Å². The van der Waals surface area contributed by atoms with Crippen molar-refractivity contribution in [3.05, 3.63) is 60.2 Å². The first-order valence-electron chi connectivity index (χ1n) is 8.76. The Hall–Kier alpha value is -2.69. The van der Waals surface area contributed by atoms with Crippen molar-refractivity contribution < 1.29 is 4.74 Å². The second-order valence-electron chi connectivity index (χ2n) is 5.62. The standard InChI is InChI=1S/C20H28N4O/c1-3-21-20(24-16-17-10-12-19(25-2)13-11-17)23-15-7-14-22-18-8-5-4-6-9-18/h4-6,8-13,22H,3,7,14-16H2,1-2H3,(H2,21,23,24). The predicted octanol–water partition coefficient (Wildman–Crippen LogP) is 3.25. The second kappa shape index (κ2) is 11.0. The van der Waals surface area contributed by atoms with Gasteiger partial charge in [0.15, 0.2) is 5.96 Å². The Bertz CT molecular complexity index is 626. The number of guanidine groups is 1. The van der Waals surface area contributed by atoms with E-state index in [0.717, 1.165) is 49.0 Å². The molecule has 5 heteroatoms. The Morgan fingerprint density at radius 3 is 2.40 bits per heavy atom. The van der Waals surface area contributed by atoms with Crippen molar-refractivity contribution in [2.24, 2.45) is 4.99 Å². The van der Waals surface area contributed by atoms with Crippen LogP contribution in [0.4, 0.5) is 5.69 Å². The lowest BCUT2D eigenvalue weighted by molar-refractivity contribution is 0.414. The molecule has 0 bridgehead atoms. The molecule has 0 fully saturated rings. The average Bonchev–Trinajstić information content (AvgIpc) is 2.67. The van der Waals surface area contributed by atoms with Gasteiger partial charge in [0.2, 0.25) is 0 Å². The molecule has 2 aromatic carbocycles. The number of hydrogen-bond donors (Lipinski definition) is 3. The van der Waals surface area contributed by atoms with E-state index in [1.807, 2.05) is 42.5 Å². The van der Waals surface area contributed by atoms with Crippen LogP contribution in [0.25, 0.3) is 0 Å². The summed E-state index contributed by atoms with van der Waals surface area (Å²) in [7, 11) is 1.67. The normalized spacial score (nSPS) is 11.0. The Morgan fingerprint density at radius 2 is 1.72 bits per heavy atom. The monoisotopic (exact) mass is 340 g/mol. The summed E-state index contributed by atoms with van der Waals surface area (Å²) < 4.78 is 5.17. The van der Waals surface area contributed by atoms with Crippen LogP contribution in [0.15, 0.2) is 59.6 Å². The number of nitrogens with zero attached hydrogens (tertiary/aromatic N) is 1. The highest BCUT2D eigenvalue weighted by molar-refractivity contribution is 5.79. The lowest BCUT2D eigenvalue weighted by atomic mass is 10.2. The molecule has 2 rings (SSSR count). The molecule has 0 aliphatic heterocycles. The molecule has 0 aliphatic carbocycles. The third-order valence-corrected chi connectivity index (χ3v) is 3.67. The molecule has 0 unspecified atom stereocenters. The van der Waals surface area contributed by atoms with Crippen LogP contribution in [0.3, 0.4) is 0 Å². The van der Waals surface area contributed by atoms with E-state index < -0.39 is 0 Å². The maximum absolute atomic E-state index is 5.17. The summed E-state index contributed by atoms with van der Waals surface area (Å²) in [4.78, 5) is 4.63. The summed E-state index contributed by atoms with van der Waals surface area (Å²) in [5.74, 6) is 1.71. The molecule has 25 heavy (non-hydrogen) atoms. The van der Waals surface area contributed by atoms with Gasteiger partial charge in [-0.2, -0.15) is 0 Å². The van der Waals surface area contributed by atoms with Gasteiger partial charge in [0.05, 0.1) is 13.7 Å². The van der Waals surface area contributed by atoms with Crippen molar-refractivity contribution in [1.29, 1.82) is 0 Å². The maximum atomic E-state index is 5.17. The molecular formula is C20H28N4O. The Balaban J connectivity index is 1.73. The smallest absolute Gasteiger partial charge is 0.191 e. The molecule has 0 saturated carbocycles. The van der Waals surface area contributed by atoms with E-state index in [1.165, 1.54) is 0 Å². The van der Waals surface area contributed by atoms with Crippen molar-refractivity contribution in [2.75, 3.05) is 32.1 Å². The van der Waals surface area contributed by atoms with Crippen molar-refractivity contribution in [2.45, 2.75) is 19.9 Å². The third-order valence-electron chi connectivity index (χ3n) is 3.67. The molecule has 0 aliphatic rings. The van der Waals surface area contributed by atoms with Gasteiger partial charge >= 0.3 is 0 Å². The molecular weight excluding hydrogens is 312 g/mol. The van der Waals surface area contributed by atoms with Crippen LogP contribution in [-0.2, 0) is 6.54 Å². The predicted molar refractivity (Wildman–Crippen MR) is 105 cm³/mol. The molecule has 3 N–H and O–H groups in total. The van der Waals surface area contributed by atoms with Crippen LogP contribution in [0, 0.1) is 0 Å². The highest BCUT2D eigenvalue weighted by Gasteiger charge is 1.98. The van der Waals surface area contributed by atoms with Gasteiger partial charge in [-0.3, -0.25) is 0 Å². The summed E-state index contributed by atoms with van der Waals surface area (Å²) in [6.07, 6.45) is 1.02. The van der Waals surface area contributed by atoms with Crippen molar-refractivity contribution in [3.63, 3.8) is 0 Å². The number of aliphatic imine (C=N–C) groups is 1. The number of para-hydroxylation sites is 1. The summed E-state index contributed by atoms with van der Waals surface area (Å²) in [6, 6.07) is 18.2. The third kappa shape index (κ3) is 7.16. The first-order chi connectivity index (χ1) is 12.3. The molecule has 0 heterocycles. The molecule has 0 aromatic heterocycles. The SMILES string of the molecule is CCNC(=NCc1ccc(OC)cc1)NCCCNc1ccccc1. The summed E-state index contributed by atoms with van der Waals surface area (Å²) in [5.41, 5.74) is 2.31. The highest BCUT2D eigenvalue weighted by atomic mass is 16.5. The average molecular weight is 340 g/mol. The molecule has 0 radical (unpaired) electrons. The minimum atomic E-state index is 0.640. The van der Waals surface area contributed by atoms with Crippen molar-refractivity contribution in [3.8, 4) is 5.75 Å². The van der Waals surface area contributed by atoms with E-state index >= 15 is 0 Å². The molecule has 134 valence electrons. The topological polar surface area (TPSA) is 57.7 Å². The summed E-state index contributed by atoms with van der Waals surface area (Å²) in [6.45, 7) is 5.35. The van der Waals surface area contributed by atoms with E-state index in [4.69, 9.17) is 4.74 Å². The lowest BCUT2D eigenvalue weighted by Crippen LogP contribution is -2.38. The van der Waals surface area contributed by atoms with Gasteiger partial charge in [0.25, 0.3) is 0 Å². The van der Waals surface area contributed by atoms with Gasteiger partial charge in [0, 0.05) is 25.3 Å². The van der Waals surface area contributed by atoms with Crippen LogP contribution in [0.2, 0.25) is 0 Å². The Morgan fingerprint density at radius 1 is 0.960 bits per heavy atom. The molecule has 0 atom stereocenters. The van der Waals surface area contributed by atoms with Gasteiger partial charge in [-0.1, -0.05) is 30.3 Å². The van der Waals surface area contributed by atoms with Crippen LogP contribution >= 0.6 is 0 Å². The largest absolute Gasteiger partial charge is 0.497 e. The molecule has 5 nitrogen and oxygen atoms in total. The highest BCUT2D eigenvalue weighted by Crippen LogP contribution is 2.11. The number of methoxy groups -OCH3 is 1. The fraction of sp³-hybridized carbons (Fsp3) is 0.350. The van der Waals surface area contributed by atoms with Gasteiger partial charge in [0.1, 0.15) is 5.75 Å². The van der Waals surface area contributed by atoms with Crippen LogP contribution in [0.5, 0.6) is 5.75 Å². The first-order valence-corrected chi connectivity index (χ1v) is 8.76. The number of anilines is 1. The quantitative estimate of drug-likeness (QED) is 0.373. The van der Waals surface area contributed by atoms with Gasteiger partial charge < -0.3 is 20.7 Å². The Labute approximate surface area is 150 Å². The van der Waals surface area contributed by atoms with Crippen LogP contribution in [-0.4, -0.2) is 32.7 Å². The summed E-state index contributed by atoms with van der Waals surface area (Å²) >= 11 is 0. The van der Waals surface area contributed by atoms with Crippen molar-refractivity contribution in [1.82, 2.24) is 10.6 Å². The zero-order valence-corrected chi connectivity index (χ0v) is 15.1. The number of hydrogen-bond acceptors (Lipinski definition) is 3. The molecule has 0 amide bonds. The van der Waals surface area contributed by atoms with Gasteiger partial charge in [-0.05, 0) is 43.2 Å². The van der Waals surface area contributed by atoms with Crippen molar-refractivity contribution >= 4 is 11.6 Å². The van der Waals surface area contributed by atoms with Crippen LogP contribution < -0.4 is 20.7 Å².